The van der Waals surface area contributed by atoms with E-state index in [9.17, 15) is 4.39 Å². The molecule has 1 aromatic carbocycles. The first-order valence-electron chi connectivity index (χ1n) is 5.34. The Hall–Kier alpha value is -1.13. The fourth-order valence-corrected chi connectivity index (χ4v) is 1.33. The van der Waals surface area contributed by atoms with Gasteiger partial charge in [-0.05, 0) is 26.0 Å². The summed E-state index contributed by atoms with van der Waals surface area (Å²) in [6.07, 6.45) is 0.339. The first-order chi connectivity index (χ1) is 7.63. The highest BCUT2D eigenvalue weighted by molar-refractivity contribution is 5.28. The Morgan fingerprint density at radius 1 is 1.50 bits per heavy atom. The molecule has 0 radical (unpaired) electrons. The molecule has 2 N–H and O–H groups in total. The second-order valence-corrected chi connectivity index (χ2v) is 3.77. The Morgan fingerprint density at radius 2 is 2.25 bits per heavy atom. The van der Waals surface area contributed by atoms with E-state index in [1.165, 1.54) is 13.2 Å². The van der Waals surface area contributed by atoms with E-state index in [4.69, 9.17) is 9.84 Å². The predicted molar refractivity (Wildman–Crippen MR) is 61.0 cm³/mol. The lowest BCUT2D eigenvalue weighted by molar-refractivity contribution is 0.183. The molecule has 0 bridgehead atoms. The zero-order valence-corrected chi connectivity index (χ0v) is 9.66. The number of halogens is 1. The number of methoxy groups -OCH3 is 1. The molecule has 1 aromatic rings. The molecule has 1 atom stereocenters. The molecular formula is C12H18FNO2. The molecule has 90 valence electrons. The summed E-state index contributed by atoms with van der Waals surface area (Å²) in [5.74, 6) is 0.245. The van der Waals surface area contributed by atoms with Gasteiger partial charge in [-0.15, -0.1) is 0 Å². The van der Waals surface area contributed by atoms with Crippen LogP contribution in [-0.4, -0.2) is 24.9 Å². The van der Waals surface area contributed by atoms with Gasteiger partial charge in [0.1, 0.15) is 11.6 Å². The number of benzene rings is 1. The molecule has 0 saturated heterocycles. The fourth-order valence-electron chi connectivity index (χ4n) is 1.33. The number of aliphatic hydroxyl groups is 1. The maximum atomic E-state index is 13.5. The van der Waals surface area contributed by atoms with E-state index in [0.717, 1.165) is 0 Å². The summed E-state index contributed by atoms with van der Waals surface area (Å²) >= 11 is 0. The van der Waals surface area contributed by atoms with E-state index in [1.807, 2.05) is 0 Å². The summed E-state index contributed by atoms with van der Waals surface area (Å²) in [5, 5.41) is 12.1. The van der Waals surface area contributed by atoms with Crippen molar-refractivity contribution in [2.45, 2.75) is 26.0 Å². The minimum absolute atomic E-state index is 0.274. The Kier molecular flexibility index (Phi) is 5.22. The van der Waals surface area contributed by atoms with Crippen molar-refractivity contribution >= 4 is 0 Å². The van der Waals surface area contributed by atoms with E-state index in [2.05, 4.69) is 5.32 Å². The zero-order chi connectivity index (χ0) is 12.0. The maximum Gasteiger partial charge on any atom is 0.131 e. The third-order valence-electron chi connectivity index (χ3n) is 2.31. The third kappa shape index (κ3) is 4.16. The molecule has 0 aliphatic rings. The zero-order valence-electron chi connectivity index (χ0n) is 9.66. The van der Waals surface area contributed by atoms with Crippen LogP contribution in [0.3, 0.4) is 0 Å². The Labute approximate surface area is 95.2 Å². The lowest BCUT2D eigenvalue weighted by atomic mass is 10.2. The van der Waals surface area contributed by atoms with Crippen molar-refractivity contribution in [3.8, 4) is 5.75 Å². The molecule has 0 aliphatic carbocycles. The highest BCUT2D eigenvalue weighted by atomic mass is 19.1. The number of aliphatic hydroxyl groups excluding tert-OH is 1. The number of rotatable bonds is 6. The Bertz CT molecular complexity index is 329. The van der Waals surface area contributed by atoms with Gasteiger partial charge < -0.3 is 15.2 Å². The first kappa shape index (κ1) is 12.9. The SMILES string of the molecule is COc1ccc(CNCCC(C)O)c(F)c1. The second-order valence-electron chi connectivity index (χ2n) is 3.77. The molecule has 0 aliphatic heterocycles. The molecule has 0 amide bonds. The van der Waals surface area contributed by atoms with Gasteiger partial charge in [0.2, 0.25) is 0 Å². The van der Waals surface area contributed by atoms with Crippen LogP contribution < -0.4 is 10.1 Å². The number of nitrogens with one attached hydrogen (secondary N) is 1. The van der Waals surface area contributed by atoms with E-state index in [1.54, 1.807) is 19.1 Å². The van der Waals surface area contributed by atoms with Gasteiger partial charge in [-0.25, -0.2) is 4.39 Å². The highest BCUT2D eigenvalue weighted by Crippen LogP contribution is 2.15. The quantitative estimate of drug-likeness (QED) is 0.727. The highest BCUT2D eigenvalue weighted by Gasteiger charge is 2.03. The third-order valence-corrected chi connectivity index (χ3v) is 2.31. The van der Waals surface area contributed by atoms with Gasteiger partial charge in [0.25, 0.3) is 0 Å². The minimum Gasteiger partial charge on any atom is -0.497 e. The summed E-state index contributed by atoms with van der Waals surface area (Å²) in [5.41, 5.74) is 0.603. The molecule has 3 nitrogen and oxygen atoms in total. The van der Waals surface area contributed by atoms with E-state index in [0.29, 0.717) is 30.8 Å². The summed E-state index contributed by atoms with van der Waals surface area (Å²) < 4.78 is 18.4. The van der Waals surface area contributed by atoms with Gasteiger partial charge in [0.05, 0.1) is 13.2 Å². The van der Waals surface area contributed by atoms with Gasteiger partial charge in [-0.1, -0.05) is 6.07 Å². The summed E-state index contributed by atoms with van der Waals surface area (Å²) in [4.78, 5) is 0. The van der Waals surface area contributed by atoms with Crippen LogP contribution >= 0.6 is 0 Å². The fraction of sp³-hybridized carbons (Fsp3) is 0.500. The largest absolute Gasteiger partial charge is 0.497 e. The Balaban J connectivity index is 2.42. The number of hydrogen-bond acceptors (Lipinski definition) is 3. The van der Waals surface area contributed by atoms with E-state index < -0.39 is 0 Å². The van der Waals surface area contributed by atoms with Crippen LogP contribution in [0, 0.1) is 5.82 Å². The smallest absolute Gasteiger partial charge is 0.131 e. The van der Waals surface area contributed by atoms with Crippen molar-refractivity contribution in [2.75, 3.05) is 13.7 Å². The molecule has 0 saturated carbocycles. The second kappa shape index (κ2) is 6.45. The minimum atomic E-state index is -0.326. The predicted octanol–water partition coefficient (Wildman–Crippen LogP) is 1.69. The first-order valence-corrected chi connectivity index (χ1v) is 5.34. The van der Waals surface area contributed by atoms with Crippen molar-refractivity contribution in [1.82, 2.24) is 5.32 Å². The lowest BCUT2D eigenvalue weighted by Crippen LogP contribution is -2.19. The molecule has 0 fully saturated rings. The average molecular weight is 227 g/mol. The van der Waals surface area contributed by atoms with Crippen LogP contribution in [0.15, 0.2) is 18.2 Å². The van der Waals surface area contributed by atoms with Crippen molar-refractivity contribution in [1.29, 1.82) is 0 Å². The Morgan fingerprint density at radius 3 is 2.81 bits per heavy atom. The molecular weight excluding hydrogens is 209 g/mol. The van der Waals surface area contributed by atoms with Crippen molar-refractivity contribution in [2.24, 2.45) is 0 Å². The topological polar surface area (TPSA) is 41.5 Å². The van der Waals surface area contributed by atoms with Crippen molar-refractivity contribution in [3.05, 3.63) is 29.6 Å². The standard InChI is InChI=1S/C12H18FNO2/c1-9(15)5-6-14-8-10-3-4-11(16-2)7-12(10)13/h3-4,7,9,14-15H,5-6,8H2,1-2H3. The van der Waals surface area contributed by atoms with Crippen LogP contribution in [0.2, 0.25) is 0 Å². The number of hydrogen-bond donors (Lipinski definition) is 2. The summed E-state index contributed by atoms with van der Waals surface area (Å²) in [6.45, 7) is 2.86. The normalized spacial score (nSPS) is 12.5. The molecule has 0 heterocycles. The van der Waals surface area contributed by atoms with Crippen molar-refractivity contribution < 1.29 is 14.2 Å². The summed E-state index contributed by atoms with van der Waals surface area (Å²) in [7, 11) is 1.51. The van der Waals surface area contributed by atoms with Gasteiger partial charge in [0, 0.05) is 18.2 Å². The van der Waals surface area contributed by atoms with E-state index in [-0.39, 0.29) is 11.9 Å². The van der Waals surface area contributed by atoms with Crippen LogP contribution in [0.1, 0.15) is 18.9 Å². The molecule has 1 rings (SSSR count). The van der Waals surface area contributed by atoms with Gasteiger partial charge in [0.15, 0.2) is 0 Å². The molecule has 4 heteroatoms. The molecule has 0 spiro atoms. The van der Waals surface area contributed by atoms with Crippen molar-refractivity contribution in [3.63, 3.8) is 0 Å². The van der Waals surface area contributed by atoms with Gasteiger partial charge >= 0.3 is 0 Å². The summed E-state index contributed by atoms with van der Waals surface area (Å²) in [6, 6.07) is 4.80. The van der Waals surface area contributed by atoms with Crippen LogP contribution in [0.4, 0.5) is 4.39 Å². The molecule has 1 unspecified atom stereocenters. The molecule has 16 heavy (non-hydrogen) atoms. The molecule has 0 aromatic heterocycles. The lowest BCUT2D eigenvalue weighted by Gasteiger charge is -2.08. The monoisotopic (exact) mass is 227 g/mol. The van der Waals surface area contributed by atoms with Gasteiger partial charge in [-0.2, -0.15) is 0 Å². The van der Waals surface area contributed by atoms with Gasteiger partial charge in [-0.3, -0.25) is 0 Å². The number of ether oxygens (including phenoxy) is 1. The van der Waals surface area contributed by atoms with Crippen LogP contribution in [0.25, 0.3) is 0 Å². The average Bonchev–Trinajstić information content (AvgIpc) is 2.25. The maximum absolute atomic E-state index is 13.5. The van der Waals surface area contributed by atoms with Crippen LogP contribution in [-0.2, 0) is 6.54 Å². The van der Waals surface area contributed by atoms with E-state index >= 15 is 0 Å². The van der Waals surface area contributed by atoms with Crippen LogP contribution in [0.5, 0.6) is 5.75 Å².